The van der Waals surface area contributed by atoms with Gasteiger partial charge in [-0.05, 0) is 32.1 Å². The second kappa shape index (κ2) is 15.7. The Morgan fingerprint density at radius 3 is 1.57 bits per heavy atom. The van der Waals surface area contributed by atoms with E-state index in [0.717, 1.165) is 30.7 Å². The zero-order chi connectivity index (χ0) is 30.3. The van der Waals surface area contributed by atoms with Crippen molar-refractivity contribution in [2.75, 3.05) is 14.2 Å². The summed E-state index contributed by atoms with van der Waals surface area (Å²) in [6, 6.07) is 2.93. The number of aliphatic hydroxyl groups is 2. The molecule has 0 bridgehead atoms. The molecule has 2 saturated carbocycles. The lowest BCUT2D eigenvalue weighted by Crippen LogP contribution is -2.44. The maximum Gasteiger partial charge on any atom is 0.309 e. The molecule has 3 N–H and O–H groups in total. The fourth-order valence-corrected chi connectivity index (χ4v) is 4.77. The van der Waals surface area contributed by atoms with E-state index in [1.807, 2.05) is 0 Å². The molecule has 14 heteroatoms. The second-order valence-corrected chi connectivity index (χ2v) is 9.63. The molecular weight excluding hydrogens is 590 g/mol. The summed E-state index contributed by atoms with van der Waals surface area (Å²) in [6.07, 6.45) is -0.355. The highest BCUT2D eigenvalue weighted by Gasteiger charge is 2.39. The number of nitrogens with zero attached hydrogens (tertiary/aromatic N) is 1. The molecule has 0 amide bonds. The molecule has 0 saturated heterocycles. The zero-order valence-electron chi connectivity index (χ0n) is 22.8. The number of rotatable bonds is 7. The summed E-state index contributed by atoms with van der Waals surface area (Å²) in [6.45, 7) is 7.01. The smallest absolute Gasteiger partial charge is 0.309 e. The molecule has 4 rings (SSSR count). The molecule has 2 aromatic rings. The second-order valence-electron chi connectivity index (χ2n) is 9.63. The number of hydrogen-bond acceptors (Lipinski definition) is 7. The van der Waals surface area contributed by atoms with Gasteiger partial charge in [-0.1, -0.05) is 0 Å². The third-order valence-electron chi connectivity index (χ3n) is 7.01. The Hall–Kier alpha value is -3.47. The number of halogens is 5. The summed E-state index contributed by atoms with van der Waals surface area (Å²) in [4.78, 5) is 14.4. The van der Waals surface area contributed by atoms with Gasteiger partial charge in [0.15, 0.2) is 52.4 Å². The van der Waals surface area contributed by atoms with E-state index >= 15 is 0 Å². The van der Waals surface area contributed by atoms with Crippen molar-refractivity contribution in [1.29, 1.82) is 0 Å². The van der Waals surface area contributed by atoms with E-state index in [-0.39, 0.29) is 35.4 Å². The first kappa shape index (κ1) is 34.7. The predicted octanol–water partition coefficient (Wildman–Crippen LogP) is 4.94. The van der Waals surface area contributed by atoms with Crippen LogP contribution in [0.25, 0.3) is 4.85 Å². The first-order chi connectivity index (χ1) is 19.5. The van der Waals surface area contributed by atoms with Crippen LogP contribution in [-0.4, -0.2) is 66.0 Å². The number of aliphatic carboxylic acids is 1. The fourth-order valence-electron chi connectivity index (χ4n) is 4.77. The molecule has 232 valence electrons. The third kappa shape index (κ3) is 8.30. The summed E-state index contributed by atoms with van der Waals surface area (Å²) in [5.41, 5.74) is 0. The fraction of sp³-hybridized carbons (Fsp3) is 0.500. The molecule has 0 aliphatic heterocycles. The summed E-state index contributed by atoms with van der Waals surface area (Å²) in [5, 5.41) is 29.1. The van der Waals surface area contributed by atoms with Crippen molar-refractivity contribution in [3.63, 3.8) is 0 Å². The number of carbonyl (C=O) groups is 1. The SMILES string of the molecule is COc1cc(F)c(F)cc1OC1CCC[C@H](C(=O)O)[C@H]1O.Cl.[C-]#[N+][C@H]1CCCC(Oc2cc(F)c(F)cc2OC)[C@@H]1O. The molecule has 6 atom stereocenters. The zero-order valence-corrected chi connectivity index (χ0v) is 23.6. The van der Waals surface area contributed by atoms with Crippen molar-refractivity contribution < 1.29 is 56.6 Å². The highest BCUT2D eigenvalue weighted by molar-refractivity contribution is 5.85. The quantitative estimate of drug-likeness (QED) is 0.294. The molecule has 9 nitrogen and oxygen atoms in total. The highest BCUT2D eigenvalue weighted by Crippen LogP contribution is 2.35. The predicted molar refractivity (Wildman–Crippen MR) is 143 cm³/mol. The van der Waals surface area contributed by atoms with Gasteiger partial charge in [0, 0.05) is 30.7 Å². The van der Waals surface area contributed by atoms with Crippen molar-refractivity contribution >= 4 is 18.4 Å². The Morgan fingerprint density at radius 2 is 1.17 bits per heavy atom. The van der Waals surface area contributed by atoms with Crippen molar-refractivity contribution in [2.45, 2.75) is 69.0 Å². The van der Waals surface area contributed by atoms with E-state index in [1.165, 1.54) is 14.2 Å². The van der Waals surface area contributed by atoms with Crippen LogP contribution >= 0.6 is 12.4 Å². The molecule has 2 aromatic carbocycles. The van der Waals surface area contributed by atoms with Crippen LogP contribution in [-0.2, 0) is 4.79 Å². The Kier molecular flexibility index (Phi) is 13.0. The maximum absolute atomic E-state index is 13.3. The average Bonchev–Trinajstić information content (AvgIpc) is 2.94. The summed E-state index contributed by atoms with van der Waals surface area (Å²) in [5.74, 6) is -6.29. The standard InChI is InChI=1S/C14H15F2NO3.C14H16F2O5.ClH/c1-17-10-4-3-5-11(14(10)18)20-13-7-9(16)8(15)6-12(13)19-2;1-20-11-5-8(15)9(16)6-12(11)21-10-4-2-3-7(13(10)17)14(18)19;/h6-7,10-11,14,18H,3-5H2,2H3;5-7,10,13,17H,2-4H2,1H3,(H,18,19);1H/t10-,11?,14+;7-,10?,13+;/m00./s1. The Balaban J connectivity index is 0.000000287. The summed E-state index contributed by atoms with van der Waals surface area (Å²) < 4.78 is 73.6. The van der Waals surface area contributed by atoms with Gasteiger partial charge in [0.25, 0.3) is 6.04 Å². The van der Waals surface area contributed by atoms with Crippen LogP contribution in [0.1, 0.15) is 38.5 Å². The number of benzene rings is 2. The van der Waals surface area contributed by atoms with Gasteiger partial charge in [-0.15, -0.1) is 12.4 Å². The monoisotopic (exact) mass is 621 g/mol. The number of ether oxygens (including phenoxy) is 4. The average molecular weight is 622 g/mol. The number of aliphatic hydroxyl groups excluding tert-OH is 2. The molecule has 0 heterocycles. The van der Waals surface area contributed by atoms with Crippen LogP contribution in [0.4, 0.5) is 17.6 Å². The molecule has 2 aliphatic carbocycles. The molecule has 42 heavy (non-hydrogen) atoms. The maximum atomic E-state index is 13.3. The van der Waals surface area contributed by atoms with E-state index in [1.54, 1.807) is 0 Å². The van der Waals surface area contributed by atoms with Crippen LogP contribution in [0, 0.1) is 35.8 Å². The number of hydrogen-bond donors (Lipinski definition) is 3. The van der Waals surface area contributed by atoms with Crippen LogP contribution in [0.3, 0.4) is 0 Å². The highest BCUT2D eigenvalue weighted by atomic mass is 35.5. The molecule has 0 aromatic heterocycles. The van der Waals surface area contributed by atoms with Crippen molar-refractivity contribution in [2.24, 2.45) is 5.92 Å². The van der Waals surface area contributed by atoms with Gasteiger partial charge < -0.3 is 39.1 Å². The number of carboxylic acids is 1. The van der Waals surface area contributed by atoms with E-state index in [0.29, 0.717) is 32.1 Å². The number of methoxy groups -OCH3 is 2. The normalized spacial score (nSPS) is 25.0. The van der Waals surface area contributed by atoms with E-state index in [2.05, 4.69) is 4.85 Å². The Labute approximate surface area is 246 Å². The minimum absolute atomic E-state index is 0. The molecule has 2 fully saturated rings. The first-order valence-corrected chi connectivity index (χ1v) is 12.9. The van der Waals surface area contributed by atoms with E-state index in [4.69, 9.17) is 30.6 Å². The van der Waals surface area contributed by atoms with E-state index < -0.39 is 65.6 Å². The van der Waals surface area contributed by atoms with Gasteiger partial charge in [0.2, 0.25) is 0 Å². The van der Waals surface area contributed by atoms with Crippen LogP contribution < -0.4 is 18.9 Å². The summed E-state index contributed by atoms with van der Waals surface area (Å²) >= 11 is 0. The molecule has 2 aliphatic rings. The Bertz CT molecular complexity index is 1260. The summed E-state index contributed by atoms with van der Waals surface area (Å²) in [7, 11) is 2.59. The lowest BCUT2D eigenvalue weighted by molar-refractivity contribution is -0.151. The number of carboxylic acid groups (broad SMARTS) is 1. The lowest BCUT2D eigenvalue weighted by atomic mass is 9.84. The van der Waals surface area contributed by atoms with Gasteiger partial charge in [-0.25, -0.2) is 24.1 Å². The third-order valence-corrected chi connectivity index (χ3v) is 7.01. The van der Waals surface area contributed by atoms with Crippen LogP contribution in [0.5, 0.6) is 23.0 Å². The van der Waals surface area contributed by atoms with Crippen LogP contribution in [0.2, 0.25) is 0 Å². The Morgan fingerprint density at radius 1 is 0.762 bits per heavy atom. The molecular formula is C28H32ClF4NO8. The van der Waals surface area contributed by atoms with Crippen molar-refractivity contribution in [3.8, 4) is 23.0 Å². The minimum Gasteiger partial charge on any atom is -0.493 e. The van der Waals surface area contributed by atoms with Gasteiger partial charge in [-0.2, -0.15) is 0 Å². The largest absolute Gasteiger partial charge is 0.493 e. The van der Waals surface area contributed by atoms with Crippen LogP contribution in [0.15, 0.2) is 24.3 Å². The van der Waals surface area contributed by atoms with Gasteiger partial charge in [0.1, 0.15) is 18.3 Å². The molecule has 0 spiro atoms. The molecule has 0 radical (unpaired) electrons. The lowest BCUT2D eigenvalue weighted by Gasteiger charge is -2.32. The van der Waals surface area contributed by atoms with Crippen molar-refractivity contribution in [1.82, 2.24) is 0 Å². The van der Waals surface area contributed by atoms with Gasteiger partial charge in [-0.3, -0.25) is 4.79 Å². The van der Waals surface area contributed by atoms with E-state index in [9.17, 15) is 32.6 Å². The first-order valence-electron chi connectivity index (χ1n) is 12.9. The minimum atomic E-state index is -1.21. The van der Waals surface area contributed by atoms with Crippen molar-refractivity contribution in [3.05, 3.63) is 59.0 Å². The van der Waals surface area contributed by atoms with Gasteiger partial charge in [0.05, 0.1) is 20.1 Å². The molecule has 2 unspecified atom stereocenters. The van der Waals surface area contributed by atoms with Gasteiger partial charge >= 0.3 is 5.97 Å². The topological polar surface area (TPSA) is 119 Å².